The van der Waals surface area contributed by atoms with Crippen LogP contribution < -0.4 is 10.6 Å². The first-order valence-electron chi connectivity index (χ1n) is 6.97. The number of thiocarbonyl (C=S) groups is 1. The molecule has 0 radical (unpaired) electrons. The second kappa shape index (κ2) is 6.26. The van der Waals surface area contributed by atoms with Crippen molar-refractivity contribution in [3.63, 3.8) is 0 Å². The highest BCUT2D eigenvalue weighted by Crippen LogP contribution is 2.29. The fourth-order valence-electron chi connectivity index (χ4n) is 2.39. The maximum atomic E-state index is 12.3. The number of rotatable bonds is 4. The molecule has 21 heavy (non-hydrogen) atoms. The van der Waals surface area contributed by atoms with Gasteiger partial charge >= 0.3 is 5.97 Å². The largest absolute Gasteiger partial charge is 0.463 e. The molecular formula is C14H20N4O2S. The molecule has 7 heteroatoms. The molecule has 2 heterocycles. The van der Waals surface area contributed by atoms with Gasteiger partial charge in [-0.15, -0.1) is 0 Å². The Balaban J connectivity index is 2.46. The van der Waals surface area contributed by atoms with Gasteiger partial charge in [0.15, 0.2) is 5.11 Å². The Morgan fingerprint density at radius 3 is 2.76 bits per heavy atom. The van der Waals surface area contributed by atoms with Crippen molar-refractivity contribution in [2.24, 2.45) is 0 Å². The van der Waals surface area contributed by atoms with Gasteiger partial charge in [0, 0.05) is 24.0 Å². The molecule has 0 bridgehead atoms. The number of hydrogen-bond donors (Lipinski definition) is 2. The molecule has 0 saturated carbocycles. The minimum Gasteiger partial charge on any atom is -0.463 e. The first kappa shape index (κ1) is 15.5. The van der Waals surface area contributed by atoms with Gasteiger partial charge in [-0.25, -0.2) is 4.79 Å². The third-order valence-electron chi connectivity index (χ3n) is 3.38. The average Bonchev–Trinajstić information content (AvgIpc) is 2.79. The van der Waals surface area contributed by atoms with Crippen molar-refractivity contribution in [3.8, 4) is 0 Å². The van der Waals surface area contributed by atoms with Crippen molar-refractivity contribution in [1.29, 1.82) is 0 Å². The summed E-state index contributed by atoms with van der Waals surface area (Å²) in [5.41, 5.74) is 3.06. The number of hydrogen-bond acceptors (Lipinski definition) is 4. The Morgan fingerprint density at radius 1 is 1.48 bits per heavy atom. The Hall–Kier alpha value is -1.89. The quantitative estimate of drug-likeness (QED) is 0.650. The van der Waals surface area contributed by atoms with Crippen molar-refractivity contribution < 1.29 is 9.53 Å². The predicted molar refractivity (Wildman–Crippen MR) is 83.6 cm³/mol. The molecule has 0 amide bonds. The van der Waals surface area contributed by atoms with Gasteiger partial charge in [-0.3, -0.25) is 4.68 Å². The average molecular weight is 308 g/mol. The molecule has 1 aliphatic rings. The molecule has 0 fully saturated rings. The highest BCUT2D eigenvalue weighted by molar-refractivity contribution is 7.80. The number of aromatic nitrogens is 2. The lowest BCUT2D eigenvalue weighted by atomic mass is 9.96. The SMILES string of the molecule is CCOC(=O)C1=C(C)NC(=S)N[C@@H]1c1cn(CC)nc1C. The first-order chi connectivity index (χ1) is 9.97. The van der Waals surface area contributed by atoms with E-state index in [2.05, 4.69) is 15.7 Å². The topological polar surface area (TPSA) is 68.2 Å². The number of aryl methyl sites for hydroxylation is 2. The maximum absolute atomic E-state index is 12.3. The van der Waals surface area contributed by atoms with Crippen molar-refractivity contribution in [1.82, 2.24) is 20.4 Å². The lowest BCUT2D eigenvalue weighted by Crippen LogP contribution is -2.45. The number of carbonyl (C=O) groups is 1. The van der Waals surface area contributed by atoms with E-state index < -0.39 is 0 Å². The van der Waals surface area contributed by atoms with Crippen LogP contribution in [0.5, 0.6) is 0 Å². The molecule has 1 atom stereocenters. The van der Waals surface area contributed by atoms with Gasteiger partial charge in [-0.05, 0) is 39.9 Å². The van der Waals surface area contributed by atoms with Crippen LogP contribution in [-0.2, 0) is 16.1 Å². The Bertz CT molecular complexity index is 606. The van der Waals surface area contributed by atoms with E-state index in [1.807, 2.05) is 31.6 Å². The van der Waals surface area contributed by atoms with E-state index in [0.29, 0.717) is 23.0 Å². The van der Waals surface area contributed by atoms with E-state index >= 15 is 0 Å². The number of ether oxygens (including phenoxy) is 1. The van der Waals surface area contributed by atoms with E-state index in [1.54, 1.807) is 6.92 Å². The summed E-state index contributed by atoms with van der Waals surface area (Å²) in [5, 5.41) is 11.0. The standard InChI is InChI=1S/C14H20N4O2S/c1-5-18-7-10(8(3)17-18)12-11(13(19)20-6-2)9(4)15-14(21)16-12/h7,12H,5-6H2,1-4H3,(H2,15,16,21)/t12-/m1/s1. The van der Waals surface area contributed by atoms with Gasteiger partial charge in [0.05, 0.1) is 23.9 Å². The summed E-state index contributed by atoms with van der Waals surface area (Å²) in [5.74, 6) is -0.342. The van der Waals surface area contributed by atoms with Gasteiger partial charge in [0.2, 0.25) is 0 Å². The van der Waals surface area contributed by atoms with Crippen LogP contribution in [0.4, 0.5) is 0 Å². The van der Waals surface area contributed by atoms with Crippen LogP contribution in [0, 0.1) is 6.92 Å². The summed E-state index contributed by atoms with van der Waals surface area (Å²) in [4.78, 5) is 12.3. The molecule has 114 valence electrons. The normalized spacial score (nSPS) is 18.3. The van der Waals surface area contributed by atoms with Crippen LogP contribution in [-0.4, -0.2) is 27.5 Å². The predicted octanol–water partition coefficient (Wildman–Crippen LogP) is 1.57. The number of nitrogens with zero attached hydrogens (tertiary/aromatic N) is 2. The monoisotopic (exact) mass is 308 g/mol. The smallest absolute Gasteiger partial charge is 0.338 e. The van der Waals surface area contributed by atoms with Crippen molar-refractivity contribution in [2.45, 2.75) is 40.3 Å². The molecular weight excluding hydrogens is 288 g/mol. The van der Waals surface area contributed by atoms with E-state index in [9.17, 15) is 4.79 Å². The molecule has 6 nitrogen and oxygen atoms in total. The molecule has 0 aromatic carbocycles. The van der Waals surface area contributed by atoms with Crippen LogP contribution in [0.2, 0.25) is 0 Å². The summed E-state index contributed by atoms with van der Waals surface area (Å²) in [6.07, 6.45) is 1.94. The number of nitrogens with one attached hydrogen (secondary N) is 2. The van der Waals surface area contributed by atoms with Crippen LogP contribution >= 0.6 is 12.2 Å². The molecule has 1 aliphatic heterocycles. The lowest BCUT2D eigenvalue weighted by Gasteiger charge is -2.29. The zero-order valence-electron chi connectivity index (χ0n) is 12.7. The molecule has 0 spiro atoms. The lowest BCUT2D eigenvalue weighted by molar-refractivity contribution is -0.139. The Morgan fingerprint density at radius 2 is 2.19 bits per heavy atom. The first-order valence-corrected chi connectivity index (χ1v) is 7.38. The molecule has 1 aromatic rings. The van der Waals surface area contributed by atoms with E-state index in [4.69, 9.17) is 17.0 Å². The summed E-state index contributed by atoms with van der Waals surface area (Å²) >= 11 is 5.21. The van der Waals surface area contributed by atoms with E-state index in [0.717, 1.165) is 17.8 Å². The Kier molecular flexibility index (Phi) is 4.62. The zero-order chi connectivity index (χ0) is 15.6. The minimum atomic E-state index is -0.342. The van der Waals surface area contributed by atoms with Crippen LogP contribution in [0.15, 0.2) is 17.5 Å². The van der Waals surface area contributed by atoms with Gasteiger partial charge in [-0.2, -0.15) is 5.10 Å². The fourth-order valence-corrected chi connectivity index (χ4v) is 2.66. The van der Waals surface area contributed by atoms with Crippen LogP contribution in [0.1, 0.15) is 38.1 Å². The second-order valence-corrected chi connectivity index (χ2v) is 5.22. The summed E-state index contributed by atoms with van der Waals surface area (Å²) in [6, 6.07) is -0.335. The fraction of sp³-hybridized carbons (Fsp3) is 0.500. The number of carbonyl (C=O) groups excluding carboxylic acids is 1. The molecule has 1 aromatic heterocycles. The van der Waals surface area contributed by atoms with Gasteiger partial charge < -0.3 is 15.4 Å². The van der Waals surface area contributed by atoms with E-state index in [1.165, 1.54) is 0 Å². The summed E-state index contributed by atoms with van der Waals surface area (Å²) in [7, 11) is 0. The minimum absolute atomic E-state index is 0.333. The molecule has 2 N–H and O–H groups in total. The molecule has 0 unspecified atom stereocenters. The van der Waals surface area contributed by atoms with Gasteiger partial charge in [0.25, 0.3) is 0 Å². The number of esters is 1. The van der Waals surface area contributed by atoms with Crippen molar-refractivity contribution in [2.75, 3.05) is 6.61 Å². The van der Waals surface area contributed by atoms with Gasteiger partial charge in [0.1, 0.15) is 0 Å². The van der Waals surface area contributed by atoms with Crippen LogP contribution in [0.25, 0.3) is 0 Å². The van der Waals surface area contributed by atoms with Crippen molar-refractivity contribution >= 4 is 23.3 Å². The third kappa shape index (κ3) is 3.07. The molecule has 0 aliphatic carbocycles. The highest BCUT2D eigenvalue weighted by Gasteiger charge is 2.32. The zero-order valence-corrected chi connectivity index (χ0v) is 13.5. The third-order valence-corrected chi connectivity index (χ3v) is 3.60. The summed E-state index contributed by atoms with van der Waals surface area (Å²) < 4.78 is 7.01. The van der Waals surface area contributed by atoms with Crippen molar-refractivity contribution in [3.05, 3.63) is 28.7 Å². The highest BCUT2D eigenvalue weighted by atomic mass is 32.1. The number of allylic oxidation sites excluding steroid dienone is 1. The second-order valence-electron chi connectivity index (χ2n) is 4.82. The Labute approximate surface area is 129 Å². The van der Waals surface area contributed by atoms with E-state index in [-0.39, 0.29) is 12.0 Å². The molecule has 0 saturated heterocycles. The molecule has 2 rings (SSSR count). The maximum Gasteiger partial charge on any atom is 0.338 e. The van der Waals surface area contributed by atoms with Gasteiger partial charge in [-0.1, -0.05) is 0 Å². The summed E-state index contributed by atoms with van der Waals surface area (Å²) in [6.45, 7) is 8.66. The van der Waals surface area contributed by atoms with Crippen LogP contribution in [0.3, 0.4) is 0 Å².